The van der Waals surface area contributed by atoms with Crippen LogP contribution in [0.2, 0.25) is 5.02 Å². The summed E-state index contributed by atoms with van der Waals surface area (Å²) in [6, 6.07) is 7.04. The third kappa shape index (κ3) is 1.94. The summed E-state index contributed by atoms with van der Waals surface area (Å²) in [4.78, 5) is 2.58. The van der Waals surface area contributed by atoms with Crippen LogP contribution >= 0.6 is 11.6 Å². The van der Waals surface area contributed by atoms with Crippen molar-refractivity contribution in [2.24, 2.45) is 5.92 Å². The van der Waals surface area contributed by atoms with Gasteiger partial charge < -0.3 is 10.2 Å². The number of halogens is 1. The van der Waals surface area contributed by atoms with E-state index in [1.807, 2.05) is 13.1 Å². The van der Waals surface area contributed by atoms with Crippen LogP contribution in [0.15, 0.2) is 18.2 Å². The van der Waals surface area contributed by atoms with E-state index in [0.29, 0.717) is 0 Å². The minimum atomic E-state index is 0.758. The summed E-state index contributed by atoms with van der Waals surface area (Å²) in [7, 11) is 1.98. The van der Waals surface area contributed by atoms with Gasteiger partial charge in [0.2, 0.25) is 0 Å². The molecule has 2 bridgehead atoms. The van der Waals surface area contributed by atoms with Crippen LogP contribution in [-0.2, 0) is 6.54 Å². The summed E-state index contributed by atoms with van der Waals surface area (Å²) in [6.45, 7) is 2.07. The lowest BCUT2D eigenvalue weighted by Gasteiger charge is -2.31. The standard InChI is InChI=1S/C14H19ClN2/c1-16-8-12-13(15)3-2-4-14(12)17-9-10-5-6-11(17)7-10/h2-4,10-11,16H,5-9H2,1H3. The molecule has 17 heavy (non-hydrogen) atoms. The van der Waals surface area contributed by atoms with E-state index in [0.717, 1.165) is 23.5 Å². The normalized spacial score (nSPS) is 26.8. The molecule has 0 spiro atoms. The summed E-state index contributed by atoms with van der Waals surface area (Å²) in [5, 5.41) is 4.11. The van der Waals surface area contributed by atoms with E-state index in [4.69, 9.17) is 11.6 Å². The molecule has 1 aromatic rings. The van der Waals surface area contributed by atoms with Crippen LogP contribution in [-0.4, -0.2) is 19.6 Å². The Labute approximate surface area is 108 Å². The topological polar surface area (TPSA) is 15.3 Å². The number of nitrogens with one attached hydrogen (secondary N) is 1. The van der Waals surface area contributed by atoms with E-state index in [1.54, 1.807) is 0 Å². The number of hydrogen-bond donors (Lipinski definition) is 1. The van der Waals surface area contributed by atoms with Gasteiger partial charge in [0.05, 0.1) is 0 Å². The van der Waals surface area contributed by atoms with Gasteiger partial charge in [-0.25, -0.2) is 0 Å². The first-order valence-corrected chi connectivity index (χ1v) is 6.86. The van der Waals surface area contributed by atoms with Crippen molar-refractivity contribution >= 4 is 17.3 Å². The van der Waals surface area contributed by atoms with Gasteiger partial charge in [-0.05, 0) is 44.4 Å². The highest BCUT2D eigenvalue weighted by Crippen LogP contribution is 2.42. The van der Waals surface area contributed by atoms with Gasteiger partial charge >= 0.3 is 0 Å². The molecule has 0 aromatic heterocycles. The lowest BCUT2D eigenvalue weighted by Crippen LogP contribution is -2.33. The van der Waals surface area contributed by atoms with Crippen LogP contribution in [0.25, 0.3) is 0 Å². The molecule has 1 aliphatic heterocycles. The van der Waals surface area contributed by atoms with Crippen molar-refractivity contribution in [2.75, 3.05) is 18.5 Å². The maximum Gasteiger partial charge on any atom is 0.0471 e. The Balaban J connectivity index is 1.94. The van der Waals surface area contributed by atoms with Crippen LogP contribution in [0.4, 0.5) is 5.69 Å². The van der Waals surface area contributed by atoms with Gasteiger partial charge in [-0.3, -0.25) is 0 Å². The van der Waals surface area contributed by atoms with Gasteiger partial charge in [0.25, 0.3) is 0 Å². The lowest BCUT2D eigenvalue weighted by atomic mass is 10.1. The summed E-state index contributed by atoms with van der Waals surface area (Å²) >= 11 is 6.32. The first-order valence-electron chi connectivity index (χ1n) is 6.48. The fraction of sp³-hybridized carbons (Fsp3) is 0.571. The van der Waals surface area contributed by atoms with Gasteiger partial charge in [0, 0.05) is 35.4 Å². The lowest BCUT2D eigenvalue weighted by molar-refractivity contribution is 0.552. The first-order chi connectivity index (χ1) is 8.29. The smallest absolute Gasteiger partial charge is 0.0471 e. The molecule has 1 aliphatic carbocycles. The van der Waals surface area contributed by atoms with Crippen molar-refractivity contribution in [3.05, 3.63) is 28.8 Å². The van der Waals surface area contributed by atoms with Crippen molar-refractivity contribution < 1.29 is 0 Å². The number of anilines is 1. The van der Waals surface area contributed by atoms with Crippen LogP contribution in [0.3, 0.4) is 0 Å². The van der Waals surface area contributed by atoms with Gasteiger partial charge in [0.15, 0.2) is 0 Å². The highest BCUT2D eigenvalue weighted by Gasteiger charge is 2.38. The van der Waals surface area contributed by atoms with E-state index in [-0.39, 0.29) is 0 Å². The van der Waals surface area contributed by atoms with Crippen LogP contribution < -0.4 is 10.2 Å². The molecule has 0 amide bonds. The molecule has 92 valence electrons. The number of benzene rings is 1. The predicted octanol–water partition coefficient (Wildman–Crippen LogP) is 3.05. The predicted molar refractivity (Wildman–Crippen MR) is 72.7 cm³/mol. The highest BCUT2D eigenvalue weighted by molar-refractivity contribution is 6.31. The highest BCUT2D eigenvalue weighted by atomic mass is 35.5. The molecule has 1 heterocycles. The molecule has 3 rings (SSSR count). The van der Waals surface area contributed by atoms with Crippen LogP contribution in [0.5, 0.6) is 0 Å². The molecule has 3 heteroatoms. The molecule has 2 unspecified atom stereocenters. The van der Waals surface area contributed by atoms with Crippen molar-refractivity contribution in [3.63, 3.8) is 0 Å². The van der Waals surface area contributed by atoms with E-state index in [2.05, 4.69) is 22.3 Å². The Morgan fingerprint density at radius 3 is 2.94 bits per heavy atom. The Morgan fingerprint density at radius 2 is 2.29 bits per heavy atom. The maximum absolute atomic E-state index is 6.32. The number of hydrogen-bond acceptors (Lipinski definition) is 2. The zero-order chi connectivity index (χ0) is 11.8. The number of piperidine rings is 1. The Bertz CT molecular complexity index is 419. The minimum absolute atomic E-state index is 0.758. The molecular weight excluding hydrogens is 232 g/mol. The van der Waals surface area contributed by atoms with Gasteiger partial charge in [-0.2, -0.15) is 0 Å². The zero-order valence-electron chi connectivity index (χ0n) is 10.2. The van der Waals surface area contributed by atoms with Crippen molar-refractivity contribution in [3.8, 4) is 0 Å². The first kappa shape index (κ1) is 11.4. The van der Waals surface area contributed by atoms with E-state index < -0.39 is 0 Å². The second-order valence-corrected chi connectivity index (χ2v) is 5.66. The monoisotopic (exact) mass is 250 g/mol. The summed E-state index contributed by atoms with van der Waals surface area (Å²) in [5.41, 5.74) is 2.60. The molecule has 2 fully saturated rings. The summed E-state index contributed by atoms with van der Waals surface area (Å²) in [5.74, 6) is 0.918. The number of fused-ring (bicyclic) bond motifs is 2. The second-order valence-electron chi connectivity index (χ2n) is 5.25. The Kier molecular flexibility index (Phi) is 3.01. The van der Waals surface area contributed by atoms with Gasteiger partial charge in [-0.1, -0.05) is 17.7 Å². The van der Waals surface area contributed by atoms with Crippen molar-refractivity contribution in [1.29, 1.82) is 0 Å². The fourth-order valence-corrected chi connectivity index (χ4v) is 3.62. The fourth-order valence-electron chi connectivity index (χ4n) is 3.39. The molecule has 2 aliphatic rings. The maximum atomic E-state index is 6.32. The molecule has 2 nitrogen and oxygen atoms in total. The number of nitrogens with zero attached hydrogens (tertiary/aromatic N) is 1. The zero-order valence-corrected chi connectivity index (χ0v) is 11.0. The second kappa shape index (κ2) is 4.51. The van der Waals surface area contributed by atoms with Gasteiger partial charge in [-0.15, -0.1) is 0 Å². The quantitative estimate of drug-likeness (QED) is 0.887. The van der Waals surface area contributed by atoms with Crippen LogP contribution in [0, 0.1) is 5.92 Å². The largest absolute Gasteiger partial charge is 0.368 e. The third-order valence-corrected chi connectivity index (χ3v) is 4.52. The van der Waals surface area contributed by atoms with Crippen LogP contribution in [0.1, 0.15) is 24.8 Å². The van der Waals surface area contributed by atoms with Crippen molar-refractivity contribution in [1.82, 2.24) is 5.32 Å². The molecule has 1 N–H and O–H groups in total. The summed E-state index contributed by atoms with van der Waals surface area (Å²) < 4.78 is 0. The Hall–Kier alpha value is -0.730. The Morgan fingerprint density at radius 1 is 1.41 bits per heavy atom. The minimum Gasteiger partial charge on any atom is -0.368 e. The molecule has 0 radical (unpaired) electrons. The summed E-state index contributed by atoms with van der Waals surface area (Å²) in [6.07, 6.45) is 4.16. The molecule has 1 saturated heterocycles. The third-order valence-electron chi connectivity index (χ3n) is 4.17. The SMILES string of the molecule is CNCc1c(Cl)cccc1N1CC2CCC1C2. The van der Waals surface area contributed by atoms with Crippen molar-refractivity contribution in [2.45, 2.75) is 31.8 Å². The van der Waals surface area contributed by atoms with E-state index >= 15 is 0 Å². The van der Waals surface area contributed by atoms with E-state index in [1.165, 1.54) is 37.1 Å². The average Bonchev–Trinajstić information content (AvgIpc) is 2.94. The molecule has 1 saturated carbocycles. The molecular formula is C14H19ClN2. The molecule has 2 atom stereocenters. The average molecular weight is 251 g/mol. The molecule has 1 aromatic carbocycles. The number of rotatable bonds is 3. The van der Waals surface area contributed by atoms with Gasteiger partial charge in [0.1, 0.15) is 0 Å². The van der Waals surface area contributed by atoms with E-state index in [9.17, 15) is 0 Å².